The smallest absolute Gasteiger partial charge is 0.225 e. The first-order valence-corrected chi connectivity index (χ1v) is 11.9. The van der Waals surface area contributed by atoms with Crippen LogP contribution < -0.4 is 4.90 Å². The maximum atomic E-state index is 13.3. The van der Waals surface area contributed by atoms with Gasteiger partial charge < -0.3 is 9.80 Å². The number of hydrogen-bond acceptors (Lipinski definition) is 2. The Bertz CT molecular complexity index is 1070. The topological polar surface area (TPSA) is 23.6 Å². The van der Waals surface area contributed by atoms with Crippen molar-refractivity contribution >= 4 is 46.4 Å². The summed E-state index contributed by atoms with van der Waals surface area (Å²) < 4.78 is 0. The molecule has 1 saturated heterocycles. The Balaban J connectivity index is 1.58. The summed E-state index contributed by atoms with van der Waals surface area (Å²) in [5.41, 5.74) is 3.18. The molecule has 0 saturated carbocycles. The van der Waals surface area contributed by atoms with Crippen LogP contribution in [0.15, 0.2) is 72.8 Å². The van der Waals surface area contributed by atoms with Crippen molar-refractivity contribution in [3.63, 3.8) is 0 Å². The second-order valence-corrected chi connectivity index (χ2v) is 9.51. The van der Waals surface area contributed by atoms with Crippen LogP contribution in [0, 0.1) is 5.92 Å². The van der Waals surface area contributed by atoms with Gasteiger partial charge in [0.15, 0.2) is 0 Å². The average Bonchev–Trinajstić information content (AvgIpc) is 2.79. The van der Waals surface area contributed by atoms with E-state index in [0.717, 1.165) is 17.7 Å². The number of rotatable bonds is 5. The van der Waals surface area contributed by atoms with Gasteiger partial charge in [0.25, 0.3) is 0 Å². The molecule has 0 aromatic heterocycles. The molecule has 3 aromatic carbocycles. The second kappa shape index (κ2) is 10.2. The largest absolute Gasteiger partial charge is 0.360 e. The number of amides is 1. The monoisotopic (exact) mass is 486 g/mol. The lowest BCUT2D eigenvalue weighted by atomic mass is 9.97. The molecule has 2 atom stereocenters. The van der Waals surface area contributed by atoms with E-state index in [1.54, 1.807) is 6.07 Å². The summed E-state index contributed by atoms with van der Waals surface area (Å²) in [4.78, 5) is 17.6. The van der Waals surface area contributed by atoms with Crippen molar-refractivity contribution in [3.8, 4) is 0 Å². The maximum Gasteiger partial charge on any atom is 0.225 e. The Hall–Kier alpha value is -2.20. The van der Waals surface area contributed by atoms with Crippen LogP contribution in [-0.2, 0) is 11.2 Å². The molecule has 166 valence electrons. The van der Waals surface area contributed by atoms with E-state index in [-0.39, 0.29) is 17.9 Å². The third-order valence-electron chi connectivity index (χ3n) is 5.97. The molecule has 2 unspecified atom stereocenters. The molecule has 0 aliphatic carbocycles. The highest BCUT2D eigenvalue weighted by atomic mass is 35.5. The fourth-order valence-electron chi connectivity index (χ4n) is 4.32. The van der Waals surface area contributed by atoms with Gasteiger partial charge in [0.1, 0.15) is 0 Å². The van der Waals surface area contributed by atoms with E-state index in [1.807, 2.05) is 66.4 Å². The van der Waals surface area contributed by atoms with Gasteiger partial charge in [-0.1, -0.05) is 84.2 Å². The van der Waals surface area contributed by atoms with E-state index < -0.39 is 0 Å². The van der Waals surface area contributed by atoms with Crippen molar-refractivity contribution in [2.45, 2.75) is 19.4 Å². The predicted molar refractivity (Wildman–Crippen MR) is 134 cm³/mol. The van der Waals surface area contributed by atoms with Gasteiger partial charge in [0.2, 0.25) is 5.91 Å². The fourth-order valence-corrected chi connectivity index (χ4v) is 4.97. The number of halogens is 3. The molecule has 4 rings (SSSR count). The van der Waals surface area contributed by atoms with E-state index in [2.05, 4.69) is 17.0 Å². The Morgan fingerprint density at radius 1 is 0.938 bits per heavy atom. The van der Waals surface area contributed by atoms with Crippen LogP contribution in [0.1, 0.15) is 24.1 Å². The summed E-state index contributed by atoms with van der Waals surface area (Å²) in [6.45, 7) is 3.91. The number of carbonyl (C=O) groups is 1. The molecule has 3 aromatic rings. The lowest BCUT2D eigenvalue weighted by molar-refractivity contribution is -0.135. The molecular formula is C26H25Cl3N2O. The van der Waals surface area contributed by atoms with Gasteiger partial charge in [-0.15, -0.1) is 0 Å². The van der Waals surface area contributed by atoms with Gasteiger partial charge in [-0.05, 0) is 47.9 Å². The normalized spacial score (nSPS) is 17.3. The SMILES string of the molecule is CC(Cc1ccccc1)C(=O)N1CCN(c2ccc(Cl)cc2Cl)C(c2ccc(Cl)cc2)C1. The van der Waals surface area contributed by atoms with E-state index in [1.165, 1.54) is 5.56 Å². The van der Waals surface area contributed by atoms with Crippen LogP contribution >= 0.6 is 34.8 Å². The number of benzene rings is 3. The first-order valence-electron chi connectivity index (χ1n) is 10.7. The second-order valence-electron chi connectivity index (χ2n) is 8.23. The zero-order chi connectivity index (χ0) is 22.7. The van der Waals surface area contributed by atoms with Crippen LogP contribution in [-0.4, -0.2) is 30.4 Å². The van der Waals surface area contributed by atoms with Gasteiger partial charge in [-0.25, -0.2) is 0 Å². The quantitative estimate of drug-likeness (QED) is 0.390. The summed E-state index contributed by atoms with van der Waals surface area (Å²) >= 11 is 18.8. The van der Waals surface area contributed by atoms with E-state index in [9.17, 15) is 4.79 Å². The van der Waals surface area contributed by atoms with Crippen LogP contribution in [0.3, 0.4) is 0 Å². The lowest BCUT2D eigenvalue weighted by Crippen LogP contribution is -2.52. The van der Waals surface area contributed by atoms with Crippen molar-refractivity contribution in [1.29, 1.82) is 0 Å². The van der Waals surface area contributed by atoms with Crippen molar-refractivity contribution in [3.05, 3.63) is 99.0 Å². The highest BCUT2D eigenvalue weighted by Gasteiger charge is 2.33. The van der Waals surface area contributed by atoms with Crippen LogP contribution in [0.5, 0.6) is 0 Å². The minimum Gasteiger partial charge on any atom is -0.360 e. The minimum absolute atomic E-state index is 0.0347. The Morgan fingerprint density at radius 3 is 2.31 bits per heavy atom. The fraction of sp³-hybridized carbons (Fsp3) is 0.269. The zero-order valence-corrected chi connectivity index (χ0v) is 20.1. The molecule has 1 fully saturated rings. The number of carbonyl (C=O) groups excluding carboxylic acids is 1. The standard InChI is InChI=1S/C26H25Cl3N2O/c1-18(15-19-5-3-2-4-6-19)26(32)30-13-14-31(24-12-11-22(28)16-23(24)29)25(17-30)20-7-9-21(27)10-8-20/h2-12,16,18,25H,13-15,17H2,1H3. The molecule has 1 amide bonds. The highest BCUT2D eigenvalue weighted by Crippen LogP contribution is 2.37. The average molecular weight is 488 g/mol. The minimum atomic E-state index is -0.0889. The molecule has 0 N–H and O–H groups in total. The van der Waals surface area contributed by atoms with Crippen LogP contribution in [0.4, 0.5) is 5.69 Å². The first kappa shape index (κ1) is 23.0. The van der Waals surface area contributed by atoms with Gasteiger partial charge in [0.05, 0.1) is 16.8 Å². The van der Waals surface area contributed by atoms with Gasteiger partial charge in [0, 0.05) is 35.6 Å². The van der Waals surface area contributed by atoms with E-state index >= 15 is 0 Å². The number of hydrogen-bond donors (Lipinski definition) is 0. The van der Waals surface area contributed by atoms with Crippen LogP contribution in [0.25, 0.3) is 0 Å². The summed E-state index contributed by atoms with van der Waals surface area (Å²) in [5, 5.41) is 1.89. The zero-order valence-electron chi connectivity index (χ0n) is 17.8. The predicted octanol–water partition coefficient (Wildman–Crippen LogP) is 6.92. The maximum absolute atomic E-state index is 13.3. The van der Waals surface area contributed by atoms with E-state index in [0.29, 0.717) is 34.7 Å². The van der Waals surface area contributed by atoms with Gasteiger partial charge >= 0.3 is 0 Å². The molecule has 3 nitrogen and oxygen atoms in total. The summed E-state index contributed by atoms with van der Waals surface area (Å²) in [7, 11) is 0. The molecule has 32 heavy (non-hydrogen) atoms. The van der Waals surface area contributed by atoms with Crippen molar-refractivity contribution in [2.24, 2.45) is 5.92 Å². The van der Waals surface area contributed by atoms with Crippen molar-refractivity contribution < 1.29 is 4.79 Å². The summed E-state index contributed by atoms with van der Waals surface area (Å²) in [6, 6.07) is 23.5. The molecule has 6 heteroatoms. The van der Waals surface area contributed by atoms with E-state index in [4.69, 9.17) is 34.8 Å². The molecule has 0 radical (unpaired) electrons. The third kappa shape index (κ3) is 5.23. The number of piperazine rings is 1. The Kier molecular flexibility index (Phi) is 7.30. The lowest BCUT2D eigenvalue weighted by Gasteiger charge is -2.44. The first-order chi connectivity index (χ1) is 15.4. The third-order valence-corrected chi connectivity index (χ3v) is 6.76. The van der Waals surface area contributed by atoms with Crippen molar-refractivity contribution in [1.82, 2.24) is 4.90 Å². The van der Waals surface area contributed by atoms with Gasteiger partial charge in [-0.2, -0.15) is 0 Å². The summed E-state index contributed by atoms with van der Waals surface area (Å²) in [5.74, 6) is 0.0867. The molecular weight excluding hydrogens is 463 g/mol. The molecule has 0 bridgehead atoms. The highest BCUT2D eigenvalue weighted by molar-refractivity contribution is 6.36. The van der Waals surface area contributed by atoms with Crippen molar-refractivity contribution in [2.75, 3.05) is 24.5 Å². The van der Waals surface area contributed by atoms with Gasteiger partial charge in [-0.3, -0.25) is 4.79 Å². The number of anilines is 1. The summed E-state index contributed by atoms with van der Waals surface area (Å²) in [6.07, 6.45) is 0.731. The molecule has 1 aliphatic heterocycles. The Morgan fingerprint density at radius 2 is 1.62 bits per heavy atom. The molecule has 1 heterocycles. The molecule has 1 aliphatic rings. The Labute approximate surface area is 204 Å². The number of nitrogens with zero attached hydrogens (tertiary/aromatic N) is 2. The molecule has 0 spiro atoms. The van der Waals surface area contributed by atoms with Crippen LogP contribution in [0.2, 0.25) is 15.1 Å².